The van der Waals surface area contributed by atoms with Gasteiger partial charge in [-0.05, 0) is 39.7 Å². The quantitative estimate of drug-likeness (QED) is 0.911. The Morgan fingerprint density at radius 3 is 2.88 bits per heavy atom. The summed E-state index contributed by atoms with van der Waals surface area (Å²) in [7, 11) is 0. The van der Waals surface area contributed by atoms with Crippen LogP contribution >= 0.6 is 0 Å². The van der Waals surface area contributed by atoms with Crippen LogP contribution in [0.25, 0.3) is 0 Å². The molecule has 2 aliphatic heterocycles. The summed E-state index contributed by atoms with van der Waals surface area (Å²) in [5, 5.41) is 3.89. The third-order valence-electron chi connectivity index (χ3n) is 5.04. The van der Waals surface area contributed by atoms with E-state index >= 15 is 0 Å². The minimum atomic E-state index is 0.0230. The van der Waals surface area contributed by atoms with Crippen LogP contribution in [0.2, 0.25) is 0 Å². The van der Waals surface area contributed by atoms with Crippen molar-refractivity contribution in [1.29, 1.82) is 0 Å². The molecule has 4 rings (SSSR count). The van der Waals surface area contributed by atoms with Gasteiger partial charge in [-0.1, -0.05) is 5.16 Å². The maximum absolute atomic E-state index is 13.1. The molecule has 1 N–H and O–H groups in total. The number of amides is 1. The highest BCUT2D eigenvalue weighted by molar-refractivity contribution is 5.96. The summed E-state index contributed by atoms with van der Waals surface area (Å²) in [5.74, 6) is 1.30. The fourth-order valence-corrected chi connectivity index (χ4v) is 3.94. The summed E-state index contributed by atoms with van der Waals surface area (Å²) in [4.78, 5) is 22.7. The average Bonchev–Trinajstić information content (AvgIpc) is 3.25. The second-order valence-corrected chi connectivity index (χ2v) is 6.83. The maximum Gasteiger partial charge on any atom is 0.256 e. The predicted molar refractivity (Wildman–Crippen MR) is 85.8 cm³/mol. The molecule has 1 amide bonds. The number of carbonyl (C=O) groups excluding carboxylic acids is 1. The van der Waals surface area contributed by atoms with Gasteiger partial charge in [-0.15, -0.1) is 0 Å². The molecule has 7 nitrogen and oxygen atoms in total. The zero-order chi connectivity index (χ0) is 16.8. The van der Waals surface area contributed by atoms with Gasteiger partial charge in [-0.2, -0.15) is 4.98 Å². The molecule has 2 aliphatic rings. The normalized spacial score (nSPS) is 26.6. The monoisotopic (exact) mass is 330 g/mol. The van der Waals surface area contributed by atoms with E-state index in [0.29, 0.717) is 24.9 Å². The van der Waals surface area contributed by atoms with Crippen LogP contribution in [0.1, 0.15) is 52.2 Å². The van der Waals surface area contributed by atoms with Crippen molar-refractivity contribution in [2.24, 2.45) is 0 Å². The van der Waals surface area contributed by atoms with Gasteiger partial charge in [-0.25, -0.2) is 0 Å². The first-order valence-electron chi connectivity index (χ1n) is 8.42. The second kappa shape index (κ2) is 5.73. The van der Waals surface area contributed by atoms with Crippen molar-refractivity contribution >= 4 is 5.91 Å². The van der Waals surface area contributed by atoms with Gasteiger partial charge in [0.25, 0.3) is 5.91 Å². The minimum Gasteiger partial charge on any atom is -0.376 e. The van der Waals surface area contributed by atoms with Crippen molar-refractivity contribution in [2.45, 2.75) is 51.7 Å². The molecule has 3 atom stereocenters. The lowest BCUT2D eigenvalue weighted by Crippen LogP contribution is -2.51. The molecule has 7 heteroatoms. The fourth-order valence-electron chi connectivity index (χ4n) is 3.94. The van der Waals surface area contributed by atoms with Crippen molar-refractivity contribution in [1.82, 2.24) is 20.0 Å². The Labute approximate surface area is 140 Å². The van der Waals surface area contributed by atoms with Gasteiger partial charge >= 0.3 is 0 Å². The third-order valence-corrected chi connectivity index (χ3v) is 5.04. The summed E-state index contributed by atoms with van der Waals surface area (Å²) >= 11 is 0. The molecule has 0 spiro atoms. The number of ether oxygens (including phenoxy) is 1. The van der Waals surface area contributed by atoms with E-state index in [-0.39, 0.29) is 24.0 Å². The highest BCUT2D eigenvalue weighted by Crippen LogP contribution is 2.36. The predicted octanol–water partition coefficient (Wildman–Crippen LogP) is 2.11. The fraction of sp³-hybridized carbons (Fsp3) is 0.588. The summed E-state index contributed by atoms with van der Waals surface area (Å²) in [6.07, 6.45) is 1.75. The Morgan fingerprint density at radius 1 is 1.38 bits per heavy atom. The molecule has 24 heavy (non-hydrogen) atoms. The van der Waals surface area contributed by atoms with Gasteiger partial charge in [0.1, 0.15) is 0 Å². The zero-order valence-electron chi connectivity index (χ0n) is 14.2. The highest BCUT2D eigenvalue weighted by atomic mass is 16.5. The molecule has 128 valence electrons. The number of aryl methyl sites for hydroxylation is 3. The smallest absolute Gasteiger partial charge is 0.256 e. The second-order valence-electron chi connectivity index (χ2n) is 6.83. The van der Waals surface area contributed by atoms with Crippen LogP contribution in [0.3, 0.4) is 0 Å². The zero-order valence-corrected chi connectivity index (χ0v) is 14.2. The number of hydrogen-bond donors (Lipinski definition) is 1. The van der Waals surface area contributed by atoms with Gasteiger partial charge in [0.2, 0.25) is 5.89 Å². The number of H-pyrrole nitrogens is 1. The van der Waals surface area contributed by atoms with E-state index in [1.807, 2.05) is 24.8 Å². The van der Waals surface area contributed by atoms with Crippen LogP contribution in [0.15, 0.2) is 10.6 Å². The molecular formula is C17H22N4O3. The number of nitrogens with one attached hydrogen (secondary N) is 1. The summed E-state index contributed by atoms with van der Waals surface area (Å²) in [5.41, 5.74) is 2.64. The van der Waals surface area contributed by atoms with Crippen molar-refractivity contribution < 1.29 is 14.1 Å². The van der Waals surface area contributed by atoms with Crippen molar-refractivity contribution in [3.63, 3.8) is 0 Å². The third kappa shape index (κ3) is 2.53. The van der Waals surface area contributed by atoms with Crippen LogP contribution < -0.4 is 0 Å². The lowest BCUT2D eigenvalue weighted by molar-refractivity contribution is 0.0124. The summed E-state index contributed by atoms with van der Waals surface area (Å²) < 4.78 is 11.2. The van der Waals surface area contributed by atoms with Gasteiger partial charge in [0, 0.05) is 24.5 Å². The largest absolute Gasteiger partial charge is 0.376 e. The summed E-state index contributed by atoms with van der Waals surface area (Å²) in [6.45, 7) is 6.99. The SMILES string of the molecule is Cc1noc([C@@H]2C[C@H]3OCC[C@H]3N(C(=O)c3cc(C)[nH]c3C)C2)n1. The molecule has 2 aromatic rings. The lowest BCUT2D eigenvalue weighted by atomic mass is 9.89. The lowest BCUT2D eigenvalue weighted by Gasteiger charge is -2.39. The van der Waals surface area contributed by atoms with Crippen LogP contribution in [0.4, 0.5) is 0 Å². The van der Waals surface area contributed by atoms with Gasteiger partial charge in [0.05, 0.1) is 23.6 Å². The van der Waals surface area contributed by atoms with E-state index in [4.69, 9.17) is 9.26 Å². The van der Waals surface area contributed by atoms with Gasteiger partial charge in [-0.3, -0.25) is 4.79 Å². The Morgan fingerprint density at radius 2 is 2.21 bits per heavy atom. The standard InChI is InChI=1S/C17H22N4O3/c1-9-6-13(10(2)18-9)17(22)21-8-12(16-19-11(3)20-24-16)7-15-14(21)4-5-23-15/h6,12,14-15,18H,4-5,7-8H2,1-3H3/t12-,14-,15-/m1/s1. The molecule has 0 aliphatic carbocycles. The van der Waals surface area contributed by atoms with Crippen LogP contribution in [-0.2, 0) is 4.74 Å². The van der Waals surface area contributed by atoms with Gasteiger partial charge in [0.15, 0.2) is 5.82 Å². The number of aromatic amines is 1. The molecule has 4 heterocycles. The Balaban J connectivity index is 1.64. The molecule has 2 aromatic heterocycles. The number of aromatic nitrogens is 3. The van der Waals surface area contributed by atoms with Crippen LogP contribution in [0.5, 0.6) is 0 Å². The van der Waals surface area contributed by atoms with Crippen molar-refractivity contribution in [3.05, 3.63) is 34.7 Å². The number of carbonyl (C=O) groups is 1. The highest BCUT2D eigenvalue weighted by Gasteiger charge is 2.44. The van der Waals surface area contributed by atoms with E-state index in [2.05, 4.69) is 15.1 Å². The number of fused-ring (bicyclic) bond motifs is 1. The van der Waals surface area contributed by atoms with E-state index in [0.717, 1.165) is 29.8 Å². The van der Waals surface area contributed by atoms with E-state index in [9.17, 15) is 4.79 Å². The first-order chi connectivity index (χ1) is 11.5. The van der Waals surface area contributed by atoms with Crippen molar-refractivity contribution in [2.75, 3.05) is 13.2 Å². The molecule has 2 saturated heterocycles. The topological polar surface area (TPSA) is 84.3 Å². The van der Waals surface area contributed by atoms with E-state index in [1.165, 1.54) is 0 Å². The number of nitrogens with zero attached hydrogens (tertiary/aromatic N) is 3. The minimum absolute atomic E-state index is 0.0230. The first-order valence-corrected chi connectivity index (χ1v) is 8.42. The molecular weight excluding hydrogens is 308 g/mol. The Bertz CT molecular complexity index is 766. The number of likely N-dealkylation sites (tertiary alicyclic amines) is 1. The molecule has 0 bridgehead atoms. The van der Waals surface area contributed by atoms with E-state index < -0.39 is 0 Å². The van der Waals surface area contributed by atoms with Crippen LogP contribution in [0, 0.1) is 20.8 Å². The Hall–Kier alpha value is -2.15. The maximum atomic E-state index is 13.1. The average molecular weight is 330 g/mol. The number of rotatable bonds is 2. The first kappa shape index (κ1) is 15.4. The molecule has 0 unspecified atom stereocenters. The van der Waals surface area contributed by atoms with Gasteiger partial charge < -0.3 is 19.1 Å². The van der Waals surface area contributed by atoms with Crippen LogP contribution in [-0.4, -0.2) is 51.2 Å². The molecule has 2 fully saturated rings. The van der Waals surface area contributed by atoms with Crippen molar-refractivity contribution in [3.8, 4) is 0 Å². The van der Waals surface area contributed by atoms with E-state index in [1.54, 1.807) is 6.92 Å². The number of hydrogen-bond acceptors (Lipinski definition) is 5. The molecule has 0 radical (unpaired) electrons. The summed E-state index contributed by atoms with van der Waals surface area (Å²) in [6, 6.07) is 2.05. The number of piperidine rings is 1. The molecule has 0 aromatic carbocycles. The molecule has 0 saturated carbocycles. The Kier molecular flexibility index (Phi) is 3.68.